The number of nitrogens with zero attached hydrogens (tertiary/aromatic N) is 2. The van der Waals surface area contributed by atoms with Crippen LogP contribution < -0.4 is 10.5 Å². The van der Waals surface area contributed by atoms with E-state index in [4.69, 9.17) is 17.3 Å². The monoisotopic (exact) mass is 376 g/mol. The molecule has 106 valence electrons. The lowest BCUT2D eigenvalue weighted by atomic mass is 10.2. The van der Waals surface area contributed by atoms with Crippen molar-refractivity contribution < 1.29 is 8.42 Å². The Kier molecular flexibility index (Phi) is 4.17. The number of anilines is 2. The summed E-state index contributed by atoms with van der Waals surface area (Å²) in [5.41, 5.74) is 6.45. The first-order chi connectivity index (χ1) is 9.29. The summed E-state index contributed by atoms with van der Waals surface area (Å²) in [7, 11) is -3.83. The van der Waals surface area contributed by atoms with Gasteiger partial charge in [-0.2, -0.15) is 0 Å². The van der Waals surface area contributed by atoms with Gasteiger partial charge in [-0.3, -0.25) is 4.72 Å². The van der Waals surface area contributed by atoms with E-state index in [0.29, 0.717) is 15.9 Å². The molecular weight excluding hydrogens is 368 g/mol. The van der Waals surface area contributed by atoms with Crippen LogP contribution in [-0.2, 0) is 10.0 Å². The zero-order valence-electron chi connectivity index (χ0n) is 10.3. The summed E-state index contributed by atoms with van der Waals surface area (Å²) >= 11 is 8.96. The normalized spacial score (nSPS) is 11.3. The molecule has 1 aromatic carbocycles. The highest BCUT2D eigenvalue weighted by Crippen LogP contribution is 2.27. The number of rotatable bonds is 3. The minimum absolute atomic E-state index is 0.00668. The van der Waals surface area contributed by atoms with Crippen LogP contribution in [0.1, 0.15) is 5.56 Å². The third-order valence-electron chi connectivity index (χ3n) is 2.51. The van der Waals surface area contributed by atoms with Gasteiger partial charge in [0.1, 0.15) is 4.60 Å². The maximum atomic E-state index is 12.3. The van der Waals surface area contributed by atoms with E-state index in [1.54, 1.807) is 6.92 Å². The van der Waals surface area contributed by atoms with E-state index < -0.39 is 10.0 Å². The quantitative estimate of drug-likeness (QED) is 0.801. The van der Waals surface area contributed by atoms with Crippen molar-refractivity contribution in [3.8, 4) is 0 Å². The van der Waals surface area contributed by atoms with Gasteiger partial charge in [0, 0.05) is 10.7 Å². The Bertz CT molecular complexity index is 750. The number of hydrogen-bond acceptors (Lipinski definition) is 5. The summed E-state index contributed by atoms with van der Waals surface area (Å²) in [6.07, 6.45) is 2.68. The third-order valence-corrected chi connectivity index (χ3v) is 4.62. The van der Waals surface area contributed by atoms with Crippen LogP contribution in [0.25, 0.3) is 0 Å². The Labute approximate surface area is 129 Å². The van der Waals surface area contributed by atoms with Gasteiger partial charge in [0.15, 0.2) is 5.82 Å². The van der Waals surface area contributed by atoms with Gasteiger partial charge in [-0.25, -0.2) is 18.4 Å². The number of halogens is 2. The molecule has 1 aromatic heterocycles. The molecule has 0 fully saturated rings. The van der Waals surface area contributed by atoms with Crippen LogP contribution >= 0.6 is 27.5 Å². The van der Waals surface area contributed by atoms with Crippen molar-refractivity contribution >= 4 is 49.1 Å². The van der Waals surface area contributed by atoms with Gasteiger partial charge in [0.25, 0.3) is 10.0 Å². The molecule has 3 N–H and O–H groups in total. The van der Waals surface area contributed by atoms with E-state index in [1.807, 2.05) is 0 Å². The fourth-order valence-electron chi connectivity index (χ4n) is 1.51. The number of benzene rings is 1. The van der Waals surface area contributed by atoms with Gasteiger partial charge in [-0.05, 0) is 40.5 Å². The maximum Gasteiger partial charge on any atom is 0.263 e. The van der Waals surface area contributed by atoms with E-state index in [9.17, 15) is 8.42 Å². The lowest BCUT2D eigenvalue weighted by Crippen LogP contribution is -2.16. The minimum atomic E-state index is -3.83. The van der Waals surface area contributed by atoms with Gasteiger partial charge in [0.05, 0.1) is 17.3 Å². The van der Waals surface area contributed by atoms with Crippen LogP contribution in [0.4, 0.5) is 11.5 Å². The van der Waals surface area contributed by atoms with Crippen molar-refractivity contribution in [3.63, 3.8) is 0 Å². The molecule has 0 unspecified atom stereocenters. The molecule has 0 aliphatic rings. The topological polar surface area (TPSA) is 98.0 Å². The van der Waals surface area contributed by atoms with Crippen LogP contribution in [0.2, 0.25) is 5.02 Å². The zero-order chi connectivity index (χ0) is 14.9. The second kappa shape index (κ2) is 5.55. The molecule has 0 saturated carbocycles. The minimum Gasteiger partial charge on any atom is -0.398 e. The molecule has 0 saturated heterocycles. The average Bonchev–Trinajstić information content (AvgIpc) is 2.36. The highest BCUT2D eigenvalue weighted by atomic mass is 79.9. The van der Waals surface area contributed by atoms with Crippen molar-refractivity contribution in [2.45, 2.75) is 11.8 Å². The number of sulfonamides is 1. The lowest BCUT2D eigenvalue weighted by molar-refractivity contribution is 0.600. The van der Waals surface area contributed by atoms with Gasteiger partial charge in [-0.15, -0.1) is 0 Å². The molecular formula is C11H10BrClN4O2S. The summed E-state index contributed by atoms with van der Waals surface area (Å²) in [5.74, 6) is 0.103. The largest absolute Gasteiger partial charge is 0.398 e. The third kappa shape index (κ3) is 3.20. The first kappa shape index (κ1) is 15.0. The first-order valence-electron chi connectivity index (χ1n) is 5.35. The van der Waals surface area contributed by atoms with Gasteiger partial charge in [-0.1, -0.05) is 11.6 Å². The van der Waals surface area contributed by atoms with E-state index in [2.05, 4.69) is 30.6 Å². The number of nitrogen functional groups attached to an aromatic ring is 1. The van der Waals surface area contributed by atoms with Crippen LogP contribution in [0.5, 0.6) is 0 Å². The Morgan fingerprint density at radius 2 is 2.00 bits per heavy atom. The molecule has 0 aliphatic carbocycles. The van der Waals surface area contributed by atoms with E-state index in [-0.39, 0.29) is 15.7 Å². The predicted molar refractivity (Wildman–Crippen MR) is 81.1 cm³/mol. The highest BCUT2D eigenvalue weighted by Gasteiger charge is 2.20. The number of hydrogen-bond donors (Lipinski definition) is 2. The number of aromatic nitrogens is 2. The molecule has 9 heteroatoms. The molecule has 2 aromatic rings. The summed E-state index contributed by atoms with van der Waals surface area (Å²) in [5, 5.41) is 0.246. The molecule has 0 radical (unpaired) electrons. The van der Waals surface area contributed by atoms with Crippen LogP contribution in [0, 0.1) is 6.92 Å². The SMILES string of the molecule is Cc1c(N)cc(Cl)cc1S(=O)(=O)Nc1cnc(Br)cn1. The second-order valence-electron chi connectivity index (χ2n) is 3.95. The van der Waals surface area contributed by atoms with Crippen LogP contribution in [0.15, 0.2) is 34.0 Å². The van der Waals surface area contributed by atoms with Crippen molar-refractivity contribution in [3.05, 3.63) is 39.7 Å². The molecule has 6 nitrogen and oxygen atoms in total. The van der Waals surface area contributed by atoms with E-state index in [1.165, 1.54) is 24.5 Å². The summed E-state index contributed by atoms with van der Waals surface area (Å²) < 4.78 is 27.4. The highest BCUT2D eigenvalue weighted by molar-refractivity contribution is 9.10. The summed E-state index contributed by atoms with van der Waals surface area (Å²) in [6.45, 7) is 1.60. The molecule has 0 amide bonds. The molecule has 0 atom stereocenters. The number of nitrogens with one attached hydrogen (secondary N) is 1. The Balaban J connectivity index is 2.43. The van der Waals surface area contributed by atoms with Crippen molar-refractivity contribution in [2.24, 2.45) is 0 Å². The average molecular weight is 378 g/mol. The number of nitrogens with two attached hydrogens (primary N) is 1. The molecule has 0 bridgehead atoms. The van der Waals surface area contributed by atoms with Crippen molar-refractivity contribution in [1.29, 1.82) is 0 Å². The van der Waals surface area contributed by atoms with E-state index in [0.717, 1.165) is 0 Å². The molecule has 1 heterocycles. The summed E-state index contributed by atoms with van der Waals surface area (Å²) in [4.78, 5) is 7.80. The van der Waals surface area contributed by atoms with Gasteiger partial charge >= 0.3 is 0 Å². The Morgan fingerprint density at radius 1 is 1.30 bits per heavy atom. The van der Waals surface area contributed by atoms with Crippen LogP contribution in [0.3, 0.4) is 0 Å². The van der Waals surface area contributed by atoms with Crippen molar-refractivity contribution in [2.75, 3.05) is 10.5 Å². The van der Waals surface area contributed by atoms with Crippen LogP contribution in [-0.4, -0.2) is 18.4 Å². The van der Waals surface area contributed by atoms with E-state index >= 15 is 0 Å². The molecule has 0 spiro atoms. The first-order valence-corrected chi connectivity index (χ1v) is 8.01. The summed E-state index contributed by atoms with van der Waals surface area (Å²) in [6, 6.07) is 2.83. The Hall–Kier alpha value is -1.38. The molecule has 0 aliphatic heterocycles. The van der Waals surface area contributed by atoms with Crippen molar-refractivity contribution in [1.82, 2.24) is 9.97 Å². The predicted octanol–water partition coefficient (Wildman–Crippen LogP) is 2.58. The maximum absolute atomic E-state index is 12.3. The van der Waals surface area contributed by atoms with Gasteiger partial charge in [0.2, 0.25) is 0 Å². The molecule has 2 rings (SSSR count). The Morgan fingerprint density at radius 3 is 2.60 bits per heavy atom. The van der Waals surface area contributed by atoms with Gasteiger partial charge < -0.3 is 5.73 Å². The second-order valence-corrected chi connectivity index (χ2v) is 6.85. The lowest BCUT2D eigenvalue weighted by Gasteiger charge is -2.11. The smallest absolute Gasteiger partial charge is 0.263 e. The molecule has 20 heavy (non-hydrogen) atoms. The zero-order valence-corrected chi connectivity index (χ0v) is 13.4. The standard InChI is InChI=1S/C11H10BrClN4O2S/c1-6-8(14)2-7(13)3-9(6)20(18,19)17-11-5-15-10(12)4-16-11/h2-5H,14H2,1H3,(H,16,17). The fourth-order valence-corrected chi connectivity index (χ4v) is 3.30. The fraction of sp³-hybridized carbons (Fsp3) is 0.0909.